The fraction of sp³-hybridized carbons (Fsp3) is 0.500. The zero-order valence-corrected chi connectivity index (χ0v) is 13.0. The molecule has 0 aliphatic rings. The monoisotopic (exact) mass is 291 g/mol. The molecule has 1 atom stereocenters. The number of carbonyl (C=O) groups is 1. The summed E-state index contributed by atoms with van der Waals surface area (Å²) in [6.45, 7) is 7.58. The maximum Gasteiger partial charge on any atom is 0.267 e. The number of carbonyl (C=O) groups excluding carboxylic acids is 1. The molecule has 2 rings (SSSR count). The number of nitrogens with one attached hydrogen (secondary N) is 3. The van der Waals surface area contributed by atoms with Gasteiger partial charge in [-0.05, 0) is 27.7 Å². The predicted molar refractivity (Wildman–Crippen MR) is 79.1 cm³/mol. The van der Waals surface area contributed by atoms with E-state index in [0.717, 1.165) is 17.0 Å². The van der Waals surface area contributed by atoms with Gasteiger partial charge >= 0.3 is 0 Å². The standard InChI is InChI=1S/C14H21N5O2/c1-7-11(14(21)17-16-7)6-12(20)15-8(2)13-9(3)18-19(5)10(13)4/h8H,6H2,1-5H3,(H,15,20)(H2,16,17,21)/t8-/m0/s1. The number of aromatic amines is 2. The van der Waals surface area contributed by atoms with Crippen LogP contribution in [-0.2, 0) is 18.3 Å². The molecule has 0 saturated heterocycles. The summed E-state index contributed by atoms with van der Waals surface area (Å²) in [5.41, 5.74) is 3.86. The van der Waals surface area contributed by atoms with Crippen molar-refractivity contribution in [2.45, 2.75) is 40.2 Å². The van der Waals surface area contributed by atoms with Gasteiger partial charge in [-0.2, -0.15) is 5.10 Å². The van der Waals surface area contributed by atoms with E-state index in [2.05, 4.69) is 20.6 Å². The first-order chi connectivity index (χ1) is 9.81. The molecule has 2 heterocycles. The Morgan fingerprint density at radius 3 is 2.48 bits per heavy atom. The van der Waals surface area contributed by atoms with E-state index in [-0.39, 0.29) is 23.9 Å². The molecule has 0 saturated carbocycles. The largest absolute Gasteiger partial charge is 0.349 e. The first kappa shape index (κ1) is 15.1. The van der Waals surface area contributed by atoms with E-state index in [9.17, 15) is 9.59 Å². The highest BCUT2D eigenvalue weighted by molar-refractivity contribution is 5.79. The molecule has 114 valence electrons. The van der Waals surface area contributed by atoms with Crippen molar-refractivity contribution < 1.29 is 4.79 Å². The highest BCUT2D eigenvalue weighted by Crippen LogP contribution is 2.20. The summed E-state index contributed by atoms with van der Waals surface area (Å²) in [6, 6.07) is -0.149. The number of aryl methyl sites for hydroxylation is 3. The number of rotatable bonds is 4. The van der Waals surface area contributed by atoms with Crippen molar-refractivity contribution in [3.63, 3.8) is 0 Å². The second-order valence-corrected chi connectivity index (χ2v) is 5.36. The molecule has 2 aromatic rings. The summed E-state index contributed by atoms with van der Waals surface area (Å²) in [5.74, 6) is -0.182. The van der Waals surface area contributed by atoms with Gasteiger partial charge in [-0.1, -0.05) is 0 Å². The summed E-state index contributed by atoms with van der Waals surface area (Å²) >= 11 is 0. The first-order valence-corrected chi connectivity index (χ1v) is 6.86. The van der Waals surface area contributed by atoms with E-state index in [1.54, 1.807) is 11.6 Å². The van der Waals surface area contributed by atoms with Gasteiger partial charge in [0, 0.05) is 29.6 Å². The third-order valence-electron chi connectivity index (χ3n) is 3.80. The molecule has 0 fully saturated rings. The molecule has 0 aliphatic carbocycles. The van der Waals surface area contributed by atoms with E-state index < -0.39 is 0 Å². The average molecular weight is 291 g/mol. The van der Waals surface area contributed by atoms with Crippen LogP contribution < -0.4 is 10.9 Å². The van der Waals surface area contributed by atoms with Crippen LogP contribution in [-0.4, -0.2) is 25.9 Å². The van der Waals surface area contributed by atoms with E-state index in [1.807, 2.05) is 27.8 Å². The second-order valence-electron chi connectivity index (χ2n) is 5.36. The summed E-state index contributed by atoms with van der Waals surface area (Å²) in [7, 11) is 1.88. The third kappa shape index (κ3) is 2.91. The van der Waals surface area contributed by atoms with Crippen molar-refractivity contribution in [3.05, 3.63) is 38.6 Å². The van der Waals surface area contributed by atoms with Crippen molar-refractivity contribution in [2.24, 2.45) is 7.05 Å². The van der Waals surface area contributed by atoms with Gasteiger partial charge in [0.2, 0.25) is 5.91 Å². The SMILES string of the molecule is Cc1nn(C)c(C)c1[C@H](C)NC(=O)Cc1c(C)[nH][nH]c1=O. The van der Waals surface area contributed by atoms with Crippen LogP contribution in [0.3, 0.4) is 0 Å². The molecule has 1 amide bonds. The third-order valence-corrected chi connectivity index (χ3v) is 3.80. The lowest BCUT2D eigenvalue weighted by Gasteiger charge is -2.14. The topological polar surface area (TPSA) is 95.6 Å². The summed E-state index contributed by atoms with van der Waals surface area (Å²) < 4.78 is 1.80. The van der Waals surface area contributed by atoms with E-state index in [4.69, 9.17) is 0 Å². The number of aromatic nitrogens is 4. The van der Waals surface area contributed by atoms with E-state index >= 15 is 0 Å². The molecule has 3 N–H and O–H groups in total. The van der Waals surface area contributed by atoms with Crippen molar-refractivity contribution in [2.75, 3.05) is 0 Å². The van der Waals surface area contributed by atoms with Crippen LogP contribution in [0.25, 0.3) is 0 Å². The number of H-pyrrole nitrogens is 2. The molecule has 0 aliphatic heterocycles. The molecule has 21 heavy (non-hydrogen) atoms. The van der Waals surface area contributed by atoms with Crippen LogP contribution in [0.5, 0.6) is 0 Å². The Bertz CT molecular complexity index is 722. The summed E-state index contributed by atoms with van der Waals surface area (Å²) in [5, 5.41) is 12.5. The van der Waals surface area contributed by atoms with Crippen LogP contribution in [0.4, 0.5) is 0 Å². The quantitative estimate of drug-likeness (QED) is 0.777. The van der Waals surface area contributed by atoms with E-state index in [0.29, 0.717) is 11.3 Å². The van der Waals surface area contributed by atoms with E-state index in [1.165, 1.54) is 0 Å². The molecule has 7 heteroatoms. The van der Waals surface area contributed by atoms with Gasteiger partial charge < -0.3 is 10.4 Å². The lowest BCUT2D eigenvalue weighted by Crippen LogP contribution is -2.30. The van der Waals surface area contributed by atoms with Crippen molar-refractivity contribution >= 4 is 5.91 Å². The minimum Gasteiger partial charge on any atom is -0.349 e. The molecule has 2 aromatic heterocycles. The van der Waals surface area contributed by atoms with Gasteiger partial charge in [0.15, 0.2) is 0 Å². The minimum atomic E-state index is -0.246. The van der Waals surface area contributed by atoms with Gasteiger partial charge in [-0.15, -0.1) is 0 Å². The molecule has 0 bridgehead atoms. The Kier molecular flexibility index (Phi) is 4.02. The Hall–Kier alpha value is -2.31. The van der Waals surface area contributed by atoms with Crippen molar-refractivity contribution in [3.8, 4) is 0 Å². The van der Waals surface area contributed by atoms with Crippen LogP contribution in [0.2, 0.25) is 0 Å². The Morgan fingerprint density at radius 1 is 1.33 bits per heavy atom. The number of nitrogens with zero attached hydrogens (tertiary/aromatic N) is 2. The fourth-order valence-electron chi connectivity index (χ4n) is 2.63. The highest BCUT2D eigenvalue weighted by atomic mass is 16.2. The van der Waals surface area contributed by atoms with Gasteiger partial charge in [0.25, 0.3) is 5.56 Å². The average Bonchev–Trinajstić information content (AvgIpc) is 2.83. The Balaban J connectivity index is 2.11. The molecule has 0 aromatic carbocycles. The normalized spacial score (nSPS) is 12.4. The smallest absolute Gasteiger partial charge is 0.267 e. The van der Waals surface area contributed by atoms with Crippen molar-refractivity contribution in [1.82, 2.24) is 25.3 Å². The number of hydrogen-bond donors (Lipinski definition) is 3. The molecule has 7 nitrogen and oxygen atoms in total. The maximum atomic E-state index is 12.1. The lowest BCUT2D eigenvalue weighted by molar-refractivity contribution is -0.121. The summed E-state index contributed by atoms with van der Waals surface area (Å²) in [4.78, 5) is 23.7. The van der Waals surface area contributed by atoms with Crippen LogP contribution in [0.15, 0.2) is 4.79 Å². The molecule has 0 radical (unpaired) electrons. The number of amides is 1. The lowest BCUT2D eigenvalue weighted by atomic mass is 10.1. The zero-order chi connectivity index (χ0) is 15.7. The van der Waals surface area contributed by atoms with Gasteiger partial charge in [-0.3, -0.25) is 19.4 Å². The van der Waals surface area contributed by atoms with Crippen LogP contribution in [0.1, 0.15) is 41.2 Å². The molecular weight excluding hydrogens is 270 g/mol. The minimum absolute atomic E-state index is 0.0629. The highest BCUT2D eigenvalue weighted by Gasteiger charge is 2.19. The molecule has 0 spiro atoms. The molecular formula is C14H21N5O2. The predicted octanol–water partition coefficient (Wildman–Crippen LogP) is 0.782. The van der Waals surface area contributed by atoms with Gasteiger partial charge in [0.05, 0.1) is 18.2 Å². The van der Waals surface area contributed by atoms with Crippen LogP contribution >= 0.6 is 0 Å². The van der Waals surface area contributed by atoms with Gasteiger partial charge in [0.1, 0.15) is 0 Å². The summed E-state index contributed by atoms with van der Waals surface area (Å²) in [6.07, 6.45) is 0.0629. The zero-order valence-electron chi connectivity index (χ0n) is 13.0. The Labute approximate surface area is 122 Å². The van der Waals surface area contributed by atoms with Crippen LogP contribution in [0, 0.1) is 20.8 Å². The fourth-order valence-corrected chi connectivity index (χ4v) is 2.63. The Morgan fingerprint density at radius 2 is 2.00 bits per heavy atom. The second kappa shape index (κ2) is 5.59. The molecule has 0 unspecified atom stereocenters. The maximum absolute atomic E-state index is 12.1. The number of hydrogen-bond acceptors (Lipinski definition) is 3. The van der Waals surface area contributed by atoms with Gasteiger partial charge in [-0.25, -0.2) is 0 Å². The van der Waals surface area contributed by atoms with Crippen molar-refractivity contribution in [1.29, 1.82) is 0 Å². The first-order valence-electron chi connectivity index (χ1n) is 6.86.